The van der Waals surface area contributed by atoms with Crippen molar-refractivity contribution in [3.8, 4) is 5.75 Å². The Morgan fingerprint density at radius 3 is 3.00 bits per heavy atom. The number of fused-ring (bicyclic) bond motifs is 1. The number of methoxy groups -OCH3 is 1. The third-order valence-electron chi connectivity index (χ3n) is 3.27. The molecule has 0 aromatic heterocycles. The average Bonchev–Trinajstić information content (AvgIpc) is 2.39. The number of aliphatic hydroxyl groups is 1. The van der Waals surface area contributed by atoms with E-state index in [0.29, 0.717) is 5.75 Å². The van der Waals surface area contributed by atoms with Crippen LogP contribution >= 0.6 is 0 Å². The second kappa shape index (κ2) is 5.40. The number of rotatable bonds is 3. The molecule has 0 aliphatic heterocycles. The van der Waals surface area contributed by atoms with Crippen LogP contribution in [0, 0.1) is 0 Å². The summed E-state index contributed by atoms with van der Waals surface area (Å²) in [5.41, 5.74) is 1.92. The minimum Gasteiger partial charge on any atom is -0.479 e. The molecule has 1 aromatic carbocycles. The number of carbonyl (C=O) groups is 1. The van der Waals surface area contributed by atoms with E-state index in [1.54, 1.807) is 6.92 Å². The van der Waals surface area contributed by atoms with Crippen LogP contribution in [0.15, 0.2) is 18.2 Å². The van der Waals surface area contributed by atoms with Crippen molar-refractivity contribution in [3.63, 3.8) is 0 Å². The summed E-state index contributed by atoms with van der Waals surface area (Å²) in [5, 5.41) is 9.93. The first-order chi connectivity index (χ1) is 8.63. The molecule has 1 aliphatic carbocycles. The van der Waals surface area contributed by atoms with Crippen LogP contribution in [0.25, 0.3) is 0 Å². The van der Waals surface area contributed by atoms with Gasteiger partial charge in [0.2, 0.25) is 0 Å². The van der Waals surface area contributed by atoms with Crippen molar-refractivity contribution in [1.82, 2.24) is 0 Å². The van der Waals surface area contributed by atoms with Crippen molar-refractivity contribution in [2.75, 3.05) is 7.11 Å². The average molecular weight is 250 g/mol. The van der Waals surface area contributed by atoms with Crippen LogP contribution in [0.3, 0.4) is 0 Å². The SMILES string of the molecule is COC(=O)C(C)Oc1cccc2c1CCCC2O. The molecule has 0 saturated carbocycles. The third-order valence-corrected chi connectivity index (χ3v) is 3.27. The summed E-state index contributed by atoms with van der Waals surface area (Å²) in [6.45, 7) is 1.66. The second-order valence-electron chi connectivity index (χ2n) is 4.52. The van der Waals surface area contributed by atoms with Crippen molar-refractivity contribution in [2.45, 2.75) is 38.4 Å². The maximum absolute atomic E-state index is 11.4. The normalized spacial score (nSPS) is 19.8. The van der Waals surface area contributed by atoms with E-state index < -0.39 is 18.2 Å². The first-order valence-electron chi connectivity index (χ1n) is 6.18. The number of benzene rings is 1. The van der Waals surface area contributed by atoms with Gasteiger partial charge in [0, 0.05) is 0 Å². The molecule has 98 valence electrons. The topological polar surface area (TPSA) is 55.8 Å². The van der Waals surface area contributed by atoms with E-state index in [0.717, 1.165) is 30.4 Å². The summed E-state index contributed by atoms with van der Waals surface area (Å²) in [4.78, 5) is 11.4. The molecule has 4 heteroatoms. The molecular formula is C14H18O4. The molecule has 0 bridgehead atoms. The lowest BCUT2D eigenvalue weighted by molar-refractivity contribution is -0.147. The van der Waals surface area contributed by atoms with Gasteiger partial charge in [0.15, 0.2) is 6.10 Å². The Hall–Kier alpha value is -1.55. The Morgan fingerprint density at radius 1 is 1.50 bits per heavy atom. The molecule has 1 aliphatic rings. The minimum atomic E-state index is -0.638. The smallest absolute Gasteiger partial charge is 0.346 e. The van der Waals surface area contributed by atoms with Crippen LogP contribution in [-0.4, -0.2) is 24.3 Å². The van der Waals surface area contributed by atoms with Gasteiger partial charge < -0.3 is 14.6 Å². The summed E-state index contributed by atoms with van der Waals surface area (Å²) >= 11 is 0. The molecule has 2 rings (SSSR count). The number of hydrogen-bond acceptors (Lipinski definition) is 4. The summed E-state index contributed by atoms with van der Waals surface area (Å²) in [5.74, 6) is 0.271. The first kappa shape index (κ1) is 12.9. The van der Waals surface area contributed by atoms with Gasteiger partial charge in [0.05, 0.1) is 13.2 Å². The maximum Gasteiger partial charge on any atom is 0.346 e. The standard InChI is InChI=1S/C14H18O4/c1-9(14(16)17-2)18-13-8-4-5-10-11(13)6-3-7-12(10)15/h4-5,8-9,12,15H,3,6-7H2,1-2H3. The van der Waals surface area contributed by atoms with Crippen LogP contribution in [0.5, 0.6) is 5.75 Å². The predicted molar refractivity (Wildman–Crippen MR) is 66.4 cm³/mol. The molecule has 18 heavy (non-hydrogen) atoms. The summed E-state index contributed by atoms with van der Waals surface area (Å²) in [7, 11) is 1.34. The Balaban J connectivity index is 2.24. The number of ether oxygens (including phenoxy) is 2. The van der Waals surface area contributed by atoms with Crippen molar-refractivity contribution < 1.29 is 19.4 Å². The van der Waals surface area contributed by atoms with E-state index in [9.17, 15) is 9.90 Å². The summed E-state index contributed by atoms with van der Waals surface area (Å²) in [6, 6.07) is 5.58. The predicted octanol–water partition coefficient (Wildman–Crippen LogP) is 2.00. The molecule has 1 aromatic rings. The van der Waals surface area contributed by atoms with Gasteiger partial charge >= 0.3 is 5.97 Å². The zero-order chi connectivity index (χ0) is 13.1. The number of aliphatic hydroxyl groups excluding tert-OH is 1. The van der Waals surface area contributed by atoms with Gasteiger partial charge in [0.1, 0.15) is 5.75 Å². The molecule has 0 heterocycles. The molecule has 2 unspecified atom stereocenters. The lowest BCUT2D eigenvalue weighted by Crippen LogP contribution is -2.26. The van der Waals surface area contributed by atoms with Crippen LogP contribution in [0.4, 0.5) is 0 Å². The van der Waals surface area contributed by atoms with E-state index in [1.807, 2.05) is 18.2 Å². The quantitative estimate of drug-likeness (QED) is 0.834. The van der Waals surface area contributed by atoms with E-state index in [-0.39, 0.29) is 0 Å². The fourth-order valence-corrected chi connectivity index (χ4v) is 2.30. The Morgan fingerprint density at radius 2 is 2.28 bits per heavy atom. The van der Waals surface area contributed by atoms with Gasteiger partial charge in [-0.2, -0.15) is 0 Å². The fraction of sp³-hybridized carbons (Fsp3) is 0.500. The summed E-state index contributed by atoms with van der Waals surface area (Å²) < 4.78 is 10.3. The number of hydrogen-bond donors (Lipinski definition) is 1. The molecule has 2 atom stereocenters. The van der Waals surface area contributed by atoms with Gasteiger partial charge in [0.25, 0.3) is 0 Å². The van der Waals surface area contributed by atoms with Crippen LogP contribution in [0.1, 0.15) is 37.0 Å². The van der Waals surface area contributed by atoms with E-state index in [2.05, 4.69) is 4.74 Å². The molecular weight excluding hydrogens is 232 g/mol. The molecule has 1 N–H and O–H groups in total. The maximum atomic E-state index is 11.4. The van der Waals surface area contributed by atoms with Gasteiger partial charge in [-0.25, -0.2) is 4.79 Å². The molecule has 0 radical (unpaired) electrons. The first-order valence-corrected chi connectivity index (χ1v) is 6.18. The van der Waals surface area contributed by atoms with Gasteiger partial charge in [-0.3, -0.25) is 0 Å². The van der Waals surface area contributed by atoms with E-state index in [1.165, 1.54) is 7.11 Å². The molecule has 0 amide bonds. The van der Waals surface area contributed by atoms with Crippen molar-refractivity contribution in [2.24, 2.45) is 0 Å². The highest BCUT2D eigenvalue weighted by Gasteiger charge is 2.23. The van der Waals surface area contributed by atoms with Crippen LogP contribution < -0.4 is 4.74 Å². The Bertz CT molecular complexity index is 441. The van der Waals surface area contributed by atoms with E-state index in [4.69, 9.17) is 4.74 Å². The molecule has 0 spiro atoms. The van der Waals surface area contributed by atoms with Gasteiger partial charge in [-0.05, 0) is 43.4 Å². The van der Waals surface area contributed by atoms with E-state index >= 15 is 0 Å². The number of carbonyl (C=O) groups excluding carboxylic acids is 1. The zero-order valence-electron chi connectivity index (χ0n) is 10.7. The molecule has 0 saturated heterocycles. The van der Waals surface area contributed by atoms with Gasteiger partial charge in [-0.15, -0.1) is 0 Å². The lowest BCUT2D eigenvalue weighted by Gasteiger charge is -2.24. The second-order valence-corrected chi connectivity index (χ2v) is 4.52. The van der Waals surface area contributed by atoms with Crippen molar-refractivity contribution in [3.05, 3.63) is 29.3 Å². The molecule has 0 fully saturated rings. The van der Waals surface area contributed by atoms with Gasteiger partial charge in [-0.1, -0.05) is 12.1 Å². The highest BCUT2D eigenvalue weighted by molar-refractivity contribution is 5.74. The summed E-state index contributed by atoms with van der Waals surface area (Å²) in [6.07, 6.45) is 1.52. The Labute approximate surface area is 107 Å². The van der Waals surface area contributed by atoms with Crippen molar-refractivity contribution >= 4 is 5.97 Å². The molecule has 4 nitrogen and oxygen atoms in total. The van der Waals surface area contributed by atoms with Crippen molar-refractivity contribution in [1.29, 1.82) is 0 Å². The third kappa shape index (κ3) is 2.48. The van der Waals surface area contributed by atoms with Crippen LogP contribution in [0.2, 0.25) is 0 Å². The minimum absolute atomic E-state index is 0.399. The fourth-order valence-electron chi connectivity index (χ4n) is 2.30. The Kier molecular flexibility index (Phi) is 3.87. The number of esters is 1. The van der Waals surface area contributed by atoms with Crippen LogP contribution in [-0.2, 0) is 16.0 Å². The zero-order valence-corrected chi connectivity index (χ0v) is 10.7. The monoisotopic (exact) mass is 250 g/mol. The highest BCUT2D eigenvalue weighted by Crippen LogP contribution is 2.35. The lowest BCUT2D eigenvalue weighted by atomic mass is 9.89. The highest BCUT2D eigenvalue weighted by atomic mass is 16.6. The largest absolute Gasteiger partial charge is 0.479 e.